The molecule has 0 saturated carbocycles. The molecule has 104 valence electrons. The van der Waals surface area contributed by atoms with Crippen molar-refractivity contribution in [3.05, 3.63) is 51.9 Å². The molecule has 0 fully saturated rings. The maximum atomic E-state index is 11.4. The van der Waals surface area contributed by atoms with E-state index in [1.54, 1.807) is 6.07 Å². The van der Waals surface area contributed by atoms with Crippen LogP contribution in [0.3, 0.4) is 0 Å². The van der Waals surface area contributed by atoms with Crippen molar-refractivity contribution in [1.82, 2.24) is 0 Å². The lowest BCUT2D eigenvalue weighted by Gasteiger charge is -2.00. The third kappa shape index (κ3) is 3.36. The number of thiophene rings is 1. The van der Waals surface area contributed by atoms with Gasteiger partial charge < -0.3 is 11.5 Å². The molecular formula is C14H15N3O2S. The fourth-order valence-electron chi connectivity index (χ4n) is 1.94. The fourth-order valence-corrected chi connectivity index (χ4v) is 3.04. The molecule has 0 spiro atoms. The molecule has 0 saturated heterocycles. The average Bonchev–Trinajstić information content (AvgIpc) is 2.71. The van der Waals surface area contributed by atoms with Crippen LogP contribution in [0.25, 0.3) is 0 Å². The van der Waals surface area contributed by atoms with Gasteiger partial charge in [0.1, 0.15) is 5.00 Å². The SMILES string of the molecule is Cc1cccc(Cc2cc(C(N)=O)c(NC(N)=O)s2)c1. The highest BCUT2D eigenvalue weighted by molar-refractivity contribution is 7.16. The van der Waals surface area contributed by atoms with Crippen LogP contribution in [0.5, 0.6) is 0 Å². The Balaban J connectivity index is 2.28. The molecular weight excluding hydrogens is 274 g/mol. The molecule has 5 N–H and O–H groups in total. The number of nitrogens with one attached hydrogen (secondary N) is 1. The van der Waals surface area contributed by atoms with Crippen molar-refractivity contribution in [2.24, 2.45) is 11.5 Å². The van der Waals surface area contributed by atoms with Crippen LogP contribution in [0.2, 0.25) is 0 Å². The number of nitrogens with two attached hydrogens (primary N) is 2. The molecule has 1 aromatic heterocycles. The lowest BCUT2D eigenvalue weighted by Crippen LogP contribution is -2.21. The standard InChI is InChI=1S/C14H15N3O2S/c1-8-3-2-4-9(5-8)6-10-7-11(12(15)18)13(20-10)17-14(16)19/h2-5,7H,6H2,1H3,(H2,15,18)(H3,16,17,19). The first-order valence-electron chi connectivity index (χ1n) is 6.00. The van der Waals surface area contributed by atoms with E-state index in [0.29, 0.717) is 11.4 Å². The van der Waals surface area contributed by atoms with Crippen LogP contribution in [0.4, 0.5) is 9.80 Å². The van der Waals surface area contributed by atoms with Crippen molar-refractivity contribution < 1.29 is 9.59 Å². The number of anilines is 1. The first-order chi connectivity index (χ1) is 9.45. The van der Waals surface area contributed by atoms with Crippen LogP contribution in [0, 0.1) is 6.92 Å². The lowest BCUT2D eigenvalue weighted by atomic mass is 10.1. The minimum atomic E-state index is -0.712. The van der Waals surface area contributed by atoms with Gasteiger partial charge in [-0.25, -0.2) is 4.79 Å². The molecule has 0 unspecified atom stereocenters. The largest absolute Gasteiger partial charge is 0.366 e. The number of carbonyl (C=O) groups is 2. The topological polar surface area (TPSA) is 98.2 Å². The smallest absolute Gasteiger partial charge is 0.317 e. The van der Waals surface area contributed by atoms with Gasteiger partial charge in [0.25, 0.3) is 5.91 Å². The van der Waals surface area contributed by atoms with Crippen molar-refractivity contribution in [1.29, 1.82) is 0 Å². The molecule has 3 amide bonds. The Morgan fingerprint density at radius 3 is 2.60 bits per heavy atom. The van der Waals surface area contributed by atoms with Gasteiger partial charge in [-0.2, -0.15) is 0 Å². The van der Waals surface area contributed by atoms with Gasteiger partial charge in [-0.05, 0) is 18.6 Å². The molecule has 5 nitrogen and oxygen atoms in total. The molecule has 2 aromatic rings. The molecule has 1 aromatic carbocycles. The number of hydrogen-bond donors (Lipinski definition) is 3. The second-order valence-corrected chi connectivity index (χ2v) is 5.61. The molecule has 0 bridgehead atoms. The van der Waals surface area contributed by atoms with Gasteiger partial charge in [0.2, 0.25) is 0 Å². The Kier molecular flexibility index (Phi) is 4.05. The molecule has 1 heterocycles. The summed E-state index contributed by atoms with van der Waals surface area (Å²) in [7, 11) is 0. The zero-order valence-corrected chi connectivity index (χ0v) is 11.8. The molecule has 0 aliphatic rings. The van der Waals surface area contributed by atoms with Crippen molar-refractivity contribution in [2.45, 2.75) is 13.3 Å². The Bertz CT molecular complexity index is 664. The van der Waals surface area contributed by atoms with Crippen molar-refractivity contribution in [2.75, 3.05) is 5.32 Å². The van der Waals surface area contributed by atoms with E-state index in [0.717, 1.165) is 10.4 Å². The van der Waals surface area contributed by atoms with Gasteiger partial charge in [-0.3, -0.25) is 10.1 Å². The summed E-state index contributed by atoms with van der Waals surface area (Å²) in [4.78, 5) is 23.2. The van der Waals surface area contributed by atoms with Gasteiger partial charge in [0, 0.05) is 11.3 Å². The van der Waals surface area contributed by atoms with E-state index in [1.165, 1.54) is 16.9 Å². The molecule has 6 heteroatoms. The normalized spacial score (nSPS) is 10.2. The predicted octanol–water partition coefficient (Wildman–Crippen LogP) is 2.24. The maximum Gasteiger partial charge on any atom is 0.317 e. The monoisotopic (exact) mass is 289 g/mol. The van der Waals surface area contributed by atoms with Gasteiger partial charge in [-0.1, -0.05) is 29.8 Å². The number of primary amides is 2. The molecule has 20 heavy (non-hydrogen) atoms. The minimum Gasteiger partial charge on any atom is -0.366 e. The summed E-state index contributed by atoms with van der Waals surface area (Å²) in [6.07, 6.45) is 0.674. The van der Waals surface area contributed by atoms with E-state index in [-0.39, 0.29) is 5.56 Å². The van der Waals surface area contributed by atoms with E-state index >= 15 is 0 Å². The summed E-state index contributed by atoms with van der Waals surface area (Å²) in [6.45, 7) is 2.02. The van der Waals surface area contributed by atoms with Crippen molar-refractivity contribution in [3.8, 4) is 0 Å². The van der Waals surface area contributed by atoms with E-state index in [2.05, 4.69) is 11.4 Å². The zero-order valence-electron chi connectivity index (χ0n) is 11.0. The second kappa shape index (κ2) is 5.75. The van der Waals surface area contributed by atoms with E-state index in [1.807, 2.05) is 25.1 Å². The zero-order chi connectivity index (χ0) is 14.7. The van der Waals surface area contributed by atoms with Gasteiger partial charge in [-0.15, -0.1) is 11.3 Å². The quantitative estimate of drug-likeness (QED) is 0.804. The first-order valence-corrected chi connectivity index (χ1v) is 6.82. The van der Waals surface area contributed by atoms with Gasteiger partial charge in [0.05, 0.1) is 5.56 Å². The van der Waals surface area contributed by atoms with Crippen molar-refractivity contribution in [3.63, 3.8) is 0 Å². The van der Waals surface area contributed by atoms with Crippen LogP contribution in [0.15, 0.2) is 30.3 Å². The number of urea groups is 1. The van der Waals surface area contributed by atoms with Crippen molar-refractivity contribution >= 4 is 28.3 Å². The number of hydrogen-bond acceptors (Lipinski definition) is 3. The summed E-state index contributed by atoms with van der Waals surface area (Å²) in [5, 5.41) is 2.82. The van der Waals surface area contributed by atoms with E-state index in [9.17, 15) is 9.59 Å². The van der Waals surface area contributed by atoms with E-state index < -0.39 is 11.9 Å². The van der Waals surface area contributed by atoms with E-state index in [4.69, 9.17) is 11.5 Å². The Morgan fingerprint density at radius 2 is 2.00 bits per heavy atom. The third-order valence-electron chi connectivity index (χ3n) is 2.75. The first kappa shape index (κ1) is 14.1. The third-order valence-corrected chi connectivity index (χ3v) is 3.80. The van der Waals surface area contributed by atoms with Crippen LogP contribution < -0.4 is 16.8 Å². The molecule has 2 rings (SSSR count). The summed E-state index contributed by atoms with van der Waals surface area (Å²) < 4.78 is 0. The number of carbonyl (C=O) groups excluding carboxylic acids is 2. The molecule has 0 aliphatic heterocycles. The molecule has 0 radical (unpaired) electrons. The predicted molar refractivity (Wildman–Crippen MR) is 80.0 cm³/mol. The highest BCUT2D eigenvalue weighted by atomic mass is 32.1. The molecule has 0 atom stereocenters. The summed E-state index contributed by atoms with van der Waals surface area (Å²) in [6, 6.07) is 9.07. The van der Waals surface area contributed by atoms with Crippen LogP contribution >= 0.6 is 11.3 Å². The summed E-state index contributed by atoms with van der Waals surface area (Å²) >= 11 is 1.30. The van der Waals surface area contributed by atoms with Crippen LogP contribution in [0.1, 0.15) is 26.4 Å². The van der Waals surface area contributed by atoms with Gasteiger partial charge >= 0.3 is 6.03 Å². The average molecular weight is 289 g/mol. The fraction of sp³-hybridized carbons (Fsp3) is 0.143. The minimum absolute atomic E-state index is 0.288. The highest BCUT2D eigenvalue weighted by Crippen LogP contribution is 2.29. The lowest BCUT2D eigenvalue weighted by molar-refractivity contribution is 0.100. The second-order valence-electron chi connectivity index (χ2n) is 4.47. The van der Waals surface area contributed by atoms with Crippen LogP contribution in [-0.4, -0.2) is 11.9 Å². The molecule has 0 aliphatic carbocycles. The number of benzene rings is 1. The summed E-state index contributed by atoms with van der Waals surface area (Å²) in [5.41, 5.74) is 13.0. The number of aryl methyl sites for hydroxylation is 1. The number of rotatable bonds is 4. The Labute approximate surface area is 120 Å². The Morgan fingerprint density at radius 1 is 1.25 bits per heavy atom. The Hall–Kier alpha value is -2.34. The maximum absolute atomic E-state index is 11.4. The summed E-state index contributed by atoms with van der Waals surface area (Å²) in [5.74, 6) is -0.583. The van der Waals surface area contributed by atoms with Crippen LogP contribution in [-0.2, 0) is 6.42 Å². The highest BCUT2D eigenvalue weighted by Gasteiger charge is 2.15. The number of amides is 3. The van der Waals surface area contributed by atoms with Gasteiger partial charge in [0.15, 0.2) is 0 Å².